The molecule has 4 rings (SSSR count). The minimum Gasteiger partial charge on any atom is -0.461 e. The number of rotatable bonds is 7. The number of aliphatic hydroxyl groups is 1. The zero-order valence-corrected chi connectivity index (χ0v) is 17.3. The monoisotopic (exact) mass is 412 g/mol. The van der Waals surface area contributed by atoms with E-state index in [9.17, 15) is 9.90 Å². The summed E-state index contributed by atoms with van der Waals surface area (Å²) in [4.78, 5) is 17.1. The number of ether oxygens (including phenoxy) is 1. The summed E-state index contributed by atoms with van der Waals surface area (Å²) in [6.45, 7) is 2.03. The lowest BCUT2D eigenvalue weighted by atomic mass is 9.94. The van der Waals surface area contributed by atoms with Gasteiger partial charge in [0.15, 0.2) is 5.69 Å². The van der Waals surface area contributed by atoms with Crippen LogP contribution in [-0.2, 0) is 4.74 Å². The van der Waals surface area contributed by atoms with Gasteiger partial charge in [-0.3, -0.25) is 0 Å². The molecule has 1 N–H and O–H groups in total. The molecule has 31 heavy (non-hydrogen) atoms. The van der Waals surface area contributed by atoms with E-state index < -0.39 is 18.1 Å². The first-order chi connectivity index (χ1) is 15.2. The number of benzene rings is 3. The number of imidazole rings is 1. The number of carbonyl (C=O) groups is 1. The van der Waals surface area contributed by atoms with E-state index in [-0.39, 0.29) is 12.3 Å². The van der Waals surface area contributed by atoms with E-state index in [4.69, 9.17) is 4.74 Å². The van der Waals surface area contributed by atoms with Gasteiger partial charge in [0.25, 0.3) is 0 Å². The van der Waals surface area contributed by atoms with Crippen molar-refractivity contribution in [1.82, 2.24) is 9.55 Å². The van der Waals surface area contributed by atoms with Gasteiger partial charge in [-0.25, -0.2) is 9.78 Å². The first-order valence-corrected chi connectivity index (χ1v) is 10.3. The van der Waals surface area contributed by atoms with E-state index in [1.165, 1.54) is 0 Å². The Morgan fingerprint density at radius 2 is 1.45 bits per heavy atom. The molecule has 4 aromatic rings. The van der Waals surface area contributed by atoms with Crippen molar-refractivity contribution in [1.29, 1.82) is 0 Å². The van der Waals surface area contributed by atoms with E-state index in [0.717, 1.165) is 16.7 Å². The van der Waals surface area contributed by atoms with Crippen LogP contribution in [0.2, 0.25) is 0 Å². The van der Waals surface area contributed by atoms with Crippen LogP contribution >= 0.6 is 0 Å². The second-order valence-corrected chi connectivity index (χ2v) is 7.15. The molecular weight excluding hydrogens is 388 g/mol. The molecule has 0 bridgehead atoms. The summed E-state index contributed by atoms with van der Waals surface area (Å²) < 4.78 is 7.13. The SMILES string of the molecule is CCOC(=O)c1ncn([C@H](c2ccccc2)[C@H](O)c2ccccc2)c1-c1ccccc1. The van der Waals surface area contributed by atoms with Crippen molar-refractivity contribution < 1.29 is 14.6 Å². The van der Waals surface area contributed by atoms with Crippen LogP contribution in [0.5, 0.6) is 0 Å². The molecule has 0 radical (unpaired) electrons. The van der Waals surface area contributed by atoms with Crippen LogP contribution in [-0.4, -0.2) is 27.2 Å². The fraction of sp³-hybridized carbons (Fsp3) is 0.154. The second-order valence-electron chi connectivity index (χ2n) is 7.15. The molecule has 0 unspecified atom stereocenters. The molecule has 0 aliphatic heterocycles. The maximum absolute atomic E-state index is 12.7. The van der Waals surface area contributed by atoms with Crippen molar-refractivity contribution in [2.75, 3.05) is 6.61 Å². The molecule has 3 aromatic carbocycles. The van der Waals surface area contributed by atoms with Gasteiger partial charge in [0.2, 0.25) is 0 Å². The summed E-state index contributed by atoms with van der Waals surface area (Å²) in [5.41, 5.74) is 3.35. The zero-order valence-electron chi connectivity index (χ0n) is 17.3. The van der Waals surface area contributed by atoms with Crippen LogP contribution in [0.15, 0.2) is 97.3 Å². The summed E-state index contributed by atoms with van der Waals surface area (Å²) in [6, 6.07) is 28.3. The van der Waals surface area contributed by atoms with E-state index in [2.05, 4.69) is 4.98 Å². The largest absolute Gasteiger partial charge is 0.461 e. The first-order valence-electron chi connectivity index (χ1n) is 10.3. The van der Waals surface area contributed by atoms with Crippen LogP contribution in [0.1, 0.15) is 40.7 Å². The quantitative estimate of drug-likeness (QED) is 0.432. The number of aliphatic hydroxyl groups excluding tert-OH is 1. The summed E-state index contributed by atoms with van der Waals surface area (Å²) in [6.07, 6.45) is 0.758. The third kappa shape index (κ3) is 4.27. The number of carbonyl (C=O) groups excluding carboxylic acids is 1. The number of hydrogen-bond donors (Lipinski definition) is 1. The highest BCUT2D eigenvalue weighted by Crippen LogP contribution is 2.37. The van der Waals surface area contributed by atoms with Gasteiger partial charge in [-0.15, -0.1) is 0 Å². The minimum atomic E-state index is -0.852. The van der Waals surface area contributed by atoms with Gasteiger partial charge in [0, 0.05) is 5.56 Å². The molecule has 156 valence electrons. The van der Waals surface area contributed by atoms with Crippen LogP contribution in [0.3, 0.4) is 0 Å². The minimum absolute atomic E-state index is 0.231. The maximum atomic E-state index is 12.7. The molecular formula is C26H24N2O3. The number of nitrogens with zero attached hydrogens (tertiary/aromatic N) is 2. The molecule has 0 aliphatic rings. The van der Waals surface area contributed by atoms with Crippen molar-refractivity contribution in [3.05, 3.63) is 114 Å². The average molecular weight is 412 g/mol. The van der Waals surface area contributed by atoms with Gasteiger partial charge >= 0.3 is 5.97 Å². The summed E-state index contributed by atoms with van der Waals surface area (Å²) in [5, 5.41) is 11.4. The maximum Gasteiger partial charge on any atom is 0.359 e. The molecule has 0 saturated carbocycles. The van der Waals surface area contributed by atoms with E-state index >= 15 is 0 Å². The predicted molar refractivity (Wildman–Crippen MR) is 120 cm³/mol. The molecule has 0 aliphatic carbocycles. The van der Waals surface area contributed by atoms with Crippen molar-refractivity contribution in [3.63, 3.8) is 0 Å². The smallest absolute Gasteiger partial charge is 0.359 e. The van der Waals surface area contributed by atoms with Gasteiger partial charge < -0.3 is 14.4 Å². The average Bonchev–Trinajstić information content (AvgIpc) is 3.26. The summed E-state index contributed by atoms with van der Waals surface area (Å²) >= 11 is 0. The van der Waals surface area contributed by atoms with E-state index in [0.29, 0.717) is 5.69 Å². The predicted octanol–water partition coefficient (Wildman–Crippen LogP) is 5.05. The van der Waals surface area contributed by atoms with Crippen molar-refractivity contribution in [2.45, 2.75) is 19.1 Å². The molecule has 0 spiro atoms. The number of hydrogen-bond acceptors (Lipinski definition) is 4. The van der Waals surface area contributed by atoms with Gasteiger partial charge in [-0.2, -0.15) is 0 Å². The lowest BCUT2D eigenvalue weighted by molar-refractivity contribution is 0.0520. The Kier molecular flexibility index (Phi) is 6.24. The second kappa shape index (κ2) is 9.41. The molecule has 5 nitrogen and oxygen atoms in total. The third-order valence-corrected chi connectivity index (χ3v) is 5.19. The zero-order chi connectivity index (χ0) is 21.6. The fourth-order valence-electron chi connectivity index (χ4n) is 3.78. The summed E-state index contributed by atoms with van der Waals surface area (Å²) in [5.74, 6) is -0.485. The van der Waals surface area contributed by atoms with Gasteiger partial charge in [-0.05, 0) is 18.1 Å². The van der Waals surface area contributed by atoms with Gasteiger partial charge in [-0.1, -0.05) is 91.0 Å². The van der Waals surface area contributed by atoms with Crippen LogP contribution in [0.4, 0.5) is 0 Å². The van der Waals surface area contributed by atoms with Crippen molar-refractivity contribution in [2.24, 2.45) is 0 Å². The van der Waals surface area contributed by atoms with E-state index in [1.54, 1.807) is 13.3 Å². The molecule has 0 fully saturated rings. The molecule has 2 atom stereocenters. The van der Waals surface area contributed by atoms with E-state index in [1.807, 2.05) is 95.6 Å². The topological polar surface area (TPSA) is 64.3 Å². The Hall–Kier alpha value is -3.70. The number of aromatic nitrogens is 2. The molecule has 5 heteroatoms. The lowest BCUT2D eigenvalue weighted by Crippen LogP contribution is -2.20. The normalized spacial score (nSPS) is 12.8. The Labute approximate surface area is 181 Å². The molecule has 1 heterocycles. The lowest BCUT2D eigenvalue weighted by Gasteiger charge is -2.27. The van der Waals surface area contributed by atoms with Crippen LogP contribution in [0, 0.1) is 0 Å². The molecule has 0 amide bonds. The summed E-state index contributed by atoms with van der Waals surface area (Å²) in [7, 11) is 0. The Bertz CT molecular complexity index is 1130. The van der Waals surface area contributed by atoms with Gasteiger partial charge in [0.1, 0.15) is 6.10 Å². The van der Waals surface area contributed by atoms with Crippen LogP contribution < -0.4 is 0 Å². The fourth-order valence-corrected chi connectivity index (χ4v) is 3.78. The first kappa shape index (κ1) is 20.6. The molecule has 0 saturated heterocycles. The highest BCUT2D eigenvalue weighted by molar-refractivity contribution is 5.94. The highest BCUT2D eigenvalue weighted by atomic mass is 16.5. The standard InChI is InChI=1S/C26H24N2O3/c1-2-31-26(30)22-23(19-12-6-3-7-13-19)28(18-27-22)24(20-14-8-4-9-15-20)25(29)21-16-10-5-11-17-21/h3-18,24-25,29H,2H2,1H3/t24-,25-/m1/s1. The van der Waals surface area contributed by atoms with Gasteiger partial charge in [0.05, 0.1) is 24.7 Å². The Balaban J connectivity index is 1.92. The number of esters is 1. The molecule has 1 aromatic heterocycles. The van der Waals surface area contributed by atoms with Crippen LogP contribution in [0.25, 0.3) is 11.3 Å². The third-order valence-electron chi connectivity index (χ3n) is 5.19. The Morgan fingerprint density at radius 1 is 0.903 bits per heavy atom. The van der Waals surface area contributed by atoms with Crippen molar-refractivity contribution >= 4 is 5.97 Å². The Morgan fingerprint density at radius 3 is 2.03 bits per heavy atom. The van der Waals surface area contributed by atoms with Crippen molar-refractivity contribution in [3.8, 4) is 11.3 Å². The highest BCUT2D eigenvalue weighted by Gasteiger charge is 2.30.